The first-order valence-corrected chi connectivity index (χ1v) is 11.5. The standard InChI is InChI=1S/C28H35N3O/c1-20(2)31(21(3)4)18-17-26(23-9-7-6-8-10-23)27-19-25(15-16-28(27)32)30-29-24-13-11-22(5)12-14-24/h6-16,19-21,26,32H,17-18H2,1-5H3/t26-/m1/s1. The van der Waals surface area contributed by atoms with Crippen LogP contribution < -0.4 is 0 Å². The normalized spacial score (nSPS) is 12.9. The third kappa shape index (κ3) is 6.27. The minimum Gasteiger partial charge on any atom is -0.508 e. The van der Waals surface area contributed by atoms with Crippen molar-refractivity contribution in [2.45, 2.75) is 59.0 Å². The van der Waals surface area contributed by atoms with E-state index < -0.39 is 0 Å². The van der Waals surface area contributed by atoms with Gasteiger partial charge in [-0.3, -0.25) is 4.90 Å². The molecule has 3 aromatic rings. The minimum atomic E-state index is 0.0747. The SMILES string of the molecule is Cc1ccc(N=Nc2ccc(O)c([C@H](CCN(C(C)C)C(C)C)c3ccccc3)c2)cc1. The fraction of sp³-hybridized carbons (Fsp3) is 0.357. The van der Waals surface area contributed by atoms with E-state index in [2.05, 4.69) is 74.0 Å². The lowest BCUT2D eigenvalue weighted by Crippen LogP contribution is -2.38. The van der Waals surface area contributed by atoms with E-state index >= 15 is 0 Å². The zero-order valence-corrected chi connectivity index (χ0v) is 19.9. The second-order valence-electron chi connectivity index (χ2n) is 8.96. The van der Waals surface area contributed by atoms with Crippen LogP contribution in [0.2, 0.25) is 0 Å². The monoisotopic (exact) mass is 429 g/mol. The molecule has 0 fully saturated rings. The molecule has 0 saturated heterocycles. The fourth-order valence-electron chi connectivity index (χ4n) is 4.19. The van der Waals surface area contributed by atoms with Crippen LogP contribution in [0.1, 0.15) is 56.7 Å². The van der Waals surface area contributed by atoms with Gasteiger partial charge >= 0.3 is 0 Å². The number of nitrogens with zero attached hydrogens (tertiary/aromatic N) is 3. The van der Waals surface area contributed by atoms with Crippen LogP contribution in [0.4, 0.5) is 11.4 Å². The summed E-state index contributed by atoms with van der Waals surface area (Å²) in [5.74, 6) is 0.375. The molecule has 0 aliphatic carbocycles. The Balaban J connectivity index is 1.91. The number of phenols is 1. The number of hydrogen-bond acceptors (Lipinski definition) is 4. The molecule has 0 aliphatic rings. The van der Waals surface area contributed by atoms with E-state index in [0.717, 1.165) is 29.9 Å². The molecule has 1 N–H and O–H groups in total. The number of hydrogen-bond donors (Lipinski definition) is 1. The second-order valence-corrected chi connectivity index (χ2v) is 8.96. The maximum absolute atomic E-state index is 10.8. The molecule has 0 aromatic heterocycles. The van der Waals surface area contributed by atoms with Crippen LogP contribution in [0.25, 0.3) is 0 Å². The molecule has 3 rings (SSSR count). The second kappa shape index (κ2) is 11.1. The Morgan fingerprint density at radius 1 is 0.781 bits per heavy atom. The lowest BCUT2D eigenvalue weighted by atomic mass is 9.87. The van der Waals surface area contributed by atoms with Gasteiger partial charge < -0.3 is 5.11 Å². The van der Waals surface area contributed by atoms with Crippen LogP contribution in [0, 0.1) is 6.92 Å². The highest BCUT2D eigenvalue weighted by Gasteiger charge is 2.21. The summed E-state index contributed by atoms with van der Waals surface area (Å²) in [7, 11) is 0. The molecule has 0 bridgehead atoms. The molecule has 0 spiro atoms. The maximum atomic E-state index is 10.8. The topological polar surface area (TPSA) is 48.2 Å². The van der Waals surface area contributed by atoms with Crippen molar-refractivity contribution in [3.8, 4) is 5.75 Å². The smallest absolute Gasteiger partial charge is 0.119 e. The third-order valence-corrected chi connectivity index (χ3v) is 5.91. The predicted molar refractivity (Wildman–Crippen MR) is 133 cm³/mol. The minimum absolute atomic E-state index is 0.0747. The highest BCUT2D eigenvalue weighted by molar-refractivity contribution is 5.51. The van der Waals surface area contributed by atoms with Gasteiger partial charge in [0.15, 0.2) is 0 Å². The first kappa shape index (κ1) is 23.7. The van der Waals surface area contributed by atoms with Gasteiger partial charge in [0.1, 0.15) is 5.75 Å². The maximum Gasteiger partial charge on any atom is 0.119 e. The summed E-state index contributed by atoms with van der Waals surface area (Å²) in [6.07, 6.45) is 0.909. The Bertz CT molecular complexity index is 1000. The summed E-state index contributed by atoms with van der Waals surface area (Å²) in [5, 5.41) is 19.6. The Labute approximate surface area is 192 Å². The number of phenolic OH excluding ortho intramolecular Hbond substituents is 1. The van der Waals surface area contributed by atoms with Crippen LogP contribution in [0.15, 0.2) is 83.0 Å². The van der Waals surface area contributed by atoms with Crippen molar-refractivity contribution >= 4 is 11.4 Å². The number of azo groups is 1. The quantitative estimate of drug-likeness (QED) is 0.353. The van der Waals surface area contributed by atoms with E-state index in [0.29, 0.717) is 17.8 Å². The van der Waals surface area contributed by atoms with Crippen LogP contribution >= 0.6 is 0 Å². The fourth-order valence-corrected chi connectivity index (χ4v) is 4.19. The van der Waals surface area contributed by atoms with Crippen molar-refractivity contribution in [1.82, 2.24) is 4.90 Å². The molecular formula is C28H35N3O. The highest BCUT2D eigenvalue weighted by Crippen LogP contribution is 2.37. The molecule has 0 heterocycles. The number of rotatable bonds is 9. The number of aromatic hydroxyl groups is 1. The summed E-state index contributed by atoms with van der Waals surface area (Å²) in [4.78, 5) is 2.49. The Hall–Kier alpha value is -2.98. The van der Waals surface area contributed by atoms with E-state index in [4.69, 9.17) is 0 Å². The van der Waals surface area contributed by atoms with Crippen molar-refractivity contribution in [1.29, 1.82) is 0 Å². The zero-order valence-electron chi connectivity index (χ0n) is 19.9. The molecular weight excluding hydrogens is 394 g/mol. The van der Waals surface area contributed by atoms with Crippen molar-refractivity contribution in [2.24, 2.45) is 10.2 Å². The van der Waals surface area contributed by atoms with Crippen LogP contribution in [-0.2, 0) is 0 Å². The van der Waals surface area contributed by atoms with Gasteiger partial charge in [-0.25, -0.2) is 0 Å². The average molecular weight is 430 g/mol. The zero-order chi connectivity index (χ0) is 23.1. The van der Waals surface area contributed by atoms with Gasteiger partial charge in [-0.2, -0.15) is 10.2 Å². The molecule has 0 aliphatic heterocycles. The molecule has 0 saturated carbocycles. The van der Waals surface area contributed by atoms with Gasteiger partial charge in [0.2, 0.25) is 0 Å². The molecule has 0 unspecified atom stereocenters. The summed E-state index contributed by atoms with van der Waals surface area (Å²) >= 11 is 0. The van der Waals surface area contributed by atoms with E-state index in [1.807, 2.05) is 42.5 Å². The third-order valence-electron chi connectivity index (χ3n) is 5.91. The molecule has 168 valence electrons. The van der Waals surface area contributed by atoms with Gasteiger partial charge in [0.05, 0.1) is 11.4 Å². The van der Waals surface area contributed by atoms with Crippen LogP contribution in [-0.4, -0.2) is 28.6 Å². The summed E-state index contributed by atoms with van der Waals surface area (Å²) < 4.78 is 0. The number of benzene rings is 3. The van der Waals surface area contributed by atoms with Crippen molar-refractivity contribution < 1.29 is 5.11 Å². The summed E-state index contributed by atoms with van der Waals surface area (Å²) in [6.45, 7) is 11.9. The lowest BCUT2D eigenvalue weighted by molar-refractivity contribution is 0.170. The van der Waals surface area contributed by atoms with Crippen molar-refractivity contribution in [2.75, 3.05) is 6.54 Å². The van der Waals surface area contributed by atoms with E-state index in [9.17, 15) is 5.11 Å². The molecule has 4 heteroatoms. The first-order chi connectivity index (χ1) is 15.3. The largest absolute Gasteiger partial charge is 0.508 e. The molecule has 4 nitrogen and oxygen atoms in total. The molecule has 0 radical (unpaired) electrons. The Morgan fingerprint density at radius 3 is 2.00 bits per heavy atom. The van der Waals surface area contributed by atoms with Gasteiger partial charge in [0, 0.05) is 23.6 Å². The molecule has 3 aromatic carbocycles. The van der Waals surface area contributed by atoms with Gasteiger partial charge in [-0.1, -0.05) is 48.0 Å². The molecule has 1 atom stereocenters. The Morgan fingerprint density at radius 2 is 1.38 bits per heavy atom. The summed E-state index contributed by atoms with van der Waals surface area (Å²) in [6, 6.07) is 24.8. The van der Waals surface area contributed by atoms with Crippen molar-refractivity contribution in [3.05, 3.63) is 89.5 Å². The highest BCUT2D eigenvalue weighted by atomic mass is 16.3. The lowest BCUT2D eigenvalue weighted by Gasteiger charge is -2.32. The van der Waals surface area contributed by atoms with Gasteiger partial charge in [-0.05, 0) is 83.5 Å². The predicted octanol–water partition coefficient (Wildman–Crippen LogP) is 7.76. The van der Waals surface area contributed by atoms with Crippen LogP contribution in [0.5, 0.6) is 5.75 Å². The van der Waals surface area contributed by atoms with Gasteiger partial charge in [-0.15, -0.1) is 0 Å². The first-order valence-electron chi connectivity index (χ1n) is 11.5. The Kier molecular flexibility index (Phi) is 8.18. The average Bonchev–Trinajstić information content (AvgIpc) is 2.77. The van der Waals surface area contributed by atoms with Crippen molar-refractivity contribution in [3.63, 3.8) is 0 Å². The van der Waals surface area contributed by atoms with Gasteiger partial charge in [0.25, 0.3) is 0 Å². The summed E-state index contributed by atoms with van der Waals surface area (Å²) in [5.41, 5.74) is 4.84. The molecule has 32 heavy (non-hydrogen) atoms. The molecule has 0 amide bonds. The van der Waals surface area contributed by atoms with E-state index in [1.54, 1.807) is 6.07 Å². The van der Waals surface area contributed by atoms with E-state index in [1.165, 1.54) is 11.1 Å². The number of aryl methyl sites for hydroxylation is 1. The van der Waals surface area contributed by atoms with Crippen LogP contribution in [0.3, 0.4) is 0 Å². The van der Waals surface area contributed by atoms with E-state index in [-0.39, 0.29) is 5.92 Å².